The van der Waals surface area contributed by atoms with Gasteiger partial charge in [-0.2, -0.15) is 10.5 Å². The summed E-state index contributed by atoms with van der Waals surface area (Å²) in [5.74, 6) is -2.25. The molecule has 2 aromatic carbocycles. The Bertz CT molecular complexity index is 2400. The van der Waals surface area contributed by atoms with Crippen LogP contribution in [0.15, 0.2) is 55.6 Å². The topological polar surface area (TPSA) is 238 Å². The first-order valence-corrected chi connectivity index (χ1v) is 16.6. The van der Waals surface area contributed by atoms with E-state index in [4.69, 9.17) is 10.00 Å². The third kappa shape index (κ3) is 9.66. The number of hydrogen-bond donors (Lipinski definition) is 3. The van der Waals surface area contributed by atoms with Gasteiger partial charge in [0, 0.05) is 29.2 Å². The molecular weight excluding hydrogens is 684 g/mol. The molecule has 15 nitrogen and oxygen atoms in total. The number of benzene rings is 2. The molecule has 4 rings (SSSR count). The number of ether oxygens (including phenoxy) is 1. The number of rotatable bonds is 11. The molecule has 2 aromatic heterocycles. The Balaban J connectivity index is 0.000000287. The van der Waals surface area contributed by atoms with Crippen molar-refractivity contribution in [1.29, 1.82) is 10.5 Å². The summed E-state index contributed by atoms with van der Waals surface area (Å²) in [6.45, 7) is 11.0. The highest BCUT2D eigenvalue weighted by atomic mass is 16.5. The summed E-state index contributed by atoms with van der Waals surface area (Å²) in [5, 5.41) is 27.5. The number of ketones is 2. The number of hydrogen-bond acceptors (Lipinski definition) is 11. The van der Waals surface area contributed by atoms with E-state index in [0.29, 0.717) is 16.7 Å². The van der Waals surface area contributed by atoms with E-state index in [9.17, 15) is 43.9 Å². The molecule has 0 fully saturated rings. The van der Waals surface area contributed by atoms with Crippen LogP contribution in [-0.2, 0) is 22.6 Å². The number of aryl methyl sites for hydroxylation is 2. The molecule has 0 bridgehead atoms. The first kappa shape index (κ1) is 41.0. The Morgan fingerprint density at radius 1 is 0.717 bits per heavy atom. The first-order chi connectivity index (χ1) is 24.9. The van der Waals surface area contributed by atoms with Crippen molar-refractivity contribution in [2.75, 3.05) is 13.2 Å². The van der Waals surface area contributed by atoms with Crippen molar-refractivity contribution in [3.8, 4) is 12.1 Å². The van der Waals surface area contributed by atoms with E-state index in [1.807, 2.05) is 12.1 Å². The fraction of sp³-hybridized carbons (Fsp3) is 0.342. The van der Waals surface area contributed by atoms with Gasteiger partial charge in [0.1, 0.15) is 18.0 Å². The van der Waals surface area contributed by atoms with Crippen LogP contribution in [0.4, 0.5) is 0 Å². The summed E-state index contributed by atoms with van der Waals surface area (Å²) in [5.41, 5.74) is -0.100. The molecule has 0 spiro atoms. The van der Waals surface area contributed by atoms with Crippen molar-refractivity contribution < 1.29 is 24.2 Å². The maximum absolute atomic E-state index is 13.3. The molecule has 15 heteroatoms. The highest BCUT2D eigenvalue weighted by Crippen LogP contribution is 2.21. The number of H-pyrrole nitrogens is 2. The second-order valence-electron chi connectivity index (χ2n) is 12.8. The number of aromatic nitrogens is 4. The number of aromatic amines is 2. The highest BCUT2D eigenvalue weighted by molar-refractivity contribution is 6.09. The molecule has 0 atom stereocenters. The van der Waals surface area contributed by atoms with E-state index in [1.54, 1.807) is 65.8 Å². The number of nitrogens with one attached hydrogen (secondary N) is 2. The van der Waals surface area contributed by atoms with Crippen LogP contribution in [0, 0.1) is 36.5 Å². The molecule has 0 saturated carbocycles. The van der Waals surface area contributed by atoms with E-state index in [2.05, 4.69) is 9.97 Å². The first-order valence-electron chi connectivity index (χ1n) is 16.6. The second-order valence-corrected chi connectivity index (χ2v) is 12.8. The van der Waals surface area contributed by atoms with Crippen LogP contribution in [0.1, 0.15) is 112 Å². The minimum absolute atomic E-state index is 0.0488. The molecule has 0 unspecified atom stereocenters. The zero-order valence-corrected chi connectivity index (χ0v) is 30.4. The van der Waals surface area contributed by atoms with E-state index < -0.39 is 40.0 Å². The number of nitriles is 2. The van der Waals surface area contributed by atoms with Crippen LogP contribution >= 0.6 is 0 Å². The van der Waals surface area contributed by atoms with Gasteiger partial charge in [-0.25, -0.2) is 9.59 Å². The molecule has 2 heterocycles. The lowest BCUT2D eigenvalue weighted by atomic mass is 9.95. The van der Waals surface area contributed by atoms with Gasteiger partial charge in [0.2, 0.25) is 11.6 Å². The van der Waals surface area contributed by atoms with Crippen LogP contribution < -0.4 is 22.5 Å². The fourth-order valence-corrected chi connectivity index (χ4v) is 5.77. The van der Waals surface area contributed by atoms with Gasteiger partial charge in [0.05, 0.1) is 43.0 Å². The van der Waals surface area contributed by atoms with Gasteiger partial charge < -0.3 is 9.84 Å². The molecule has 53 heavy (non-hydrogen) atoms. The summed E-state index contributed by atoms with van der Waals surface area (Å²) < 4.78 is 7.07. The molecule has 0 aliphatic heterocycles. The minimum Gasteiger partial charge on any atom is -0.464 e. The van der Waals surface area contributed by atoms with Crippen molar-refractivity contribution in [2.24, 2.45) is 0 Å². The second kappa shape index (κ2) is 17.7. The Kier molecular flexibility index (Phi) is 13.7. The highest BCUT2D eigenvalue weighted by Gasteiger charge is 2.26. The van der Waals surface area contributed by atoms with Crippen molar-refractivity contribution in [2.45, 2.75) is 73.4 Å². The van der Waals surface area contributed by atoms with Gasteiger partial charge in [-0.3, -0.25) is 43.1 Å². The summed E-state index contributed by atoms with van der Waals surface area (Å²) in [6, 6.07) is 13.3. The van der Waals surface area contributed by atoms with Crippen LogP contribution in [0.5, 0.6) is 0 Å². The molecule has 3 N–H and O–H groups in total. The largest absolute Gasteiger partial charge is 0.464 e. The van der Waals surface area contributed by atoms with E-state index in [-0.39, 0.29) is 71.8 Å². The number of carbonyl (C=O) groups excluding carboxylic acids is 3. The van der Waals surface area contributed by atoms with Gasteiger partial charge in [0.25, 0.3) is 11.1 Å². The molecule has 0 saturated heterocycles. The summed E-state index contributed by atoms with van der Waals surface area (Å²) in [4.78, 5) is 91.0. The predicted octanol–water partition coefficient (Wildman–Crippen LogP) is 2.70. The minimum atomic E-state index is -0.766. The standard InChI is InChI=1S/C20H21N3O5.C18H19N3O4/c1-11(2)16-17(18(25)15-8-12(3)7-14(9-15)10-21)23(5-6-28-13(4)24)20(27)22-19(16)26;1-10(2)14-15(21(4-5-22)18(25)20-17(14)24)16(23)13-7-11(3)6-12(8-13)9-19/h7-9,11H,5-6H2,1-4H3,(H,22,26,27);6-8,10,22H,4-5H2,1-3H3,(H,20,24,25). The molecular formula is C38H40N6O9. The molecule has 0 aliphatic carbocycles. The van der Waals surface area contributed by atoms with Crippen molar-refractivity contribution in [3.05, 3.63) is 134 Å². The quantitative estimate of drug-likeness (QED) is 0.150. The molecule has 276 valence electrons. The number of aliphatic hydroxyl groups is 1. The van der Waals surface area contributed by atoms with Crippen LogP contribution in [0.2, 0.25) is 0 Å². The van der Waals surface area contributed by atoms with Gasteiger partial charge in [-0.1, -0.05) is 27.7 Å². The fourth-order valence-electron chi connectivity index (χ4n) is 5.77. The van der Waals surface area contributed by atoms with Crippen molar-refractivity contribution in [1.82, 2.24) is 19.1 Å². The Hall–Kier alpha value is -6.45. The van der Waals surface area contributed by atoms with Crippen LogP contribution in [0.25, 0.3) is 0 Å². The van der Waals surface area contributed by atoms with Gasteiger partial charge >= 0.3 is 17.3 Å². The zero-order chi connectivity index (χ0) is 39.7. The maximum atomic E-state index is 13.3. The van der Waals surface area contributed by atoms with Gasteiger partial charge in [-0.05, 0) is 73.2 Å². The summed E-state index contributed by atoms with van der Waals surface area (Å²) in [6.07, 6.45) is 0. The smallest absolute Gasteiger partial charge is 0.329 e. The third-order valence-electron chi connectivity index (χ3n) is 7.94. The lowest BCUT2D eigenvalue weighted by Gasteiger charge is -2.17. The normalized spacial score (nSPS) is 10.6. The number of nitrogens with zero attached hydrogens (tertiary/aromatic N) is 4. The number of carbonyl (C=O) groups is 3. The van der Waals surface area contributed by atoms with E-state index in [0.717, 1.165) is 14.7 Å². The summed E-state index contributed by atoms with van der Waals surface area (Å²) >= 11 is 0. The average molecular weight is 725 g/mol. The van der Waals surface area contributed by atoms with Crippen molar-refractivity contribution >= 4 is 17.5 Å². The van der Waals surface area contributed by atoms with Gasteiger partial charge in [0.15, 0.2) is 0 Å². The maximum Gasteiger partial charge on any atom is 0.329 e. The monoisotopic (exact) mass is 724 g/mol. The average Bonchev–Trinajstić information content (AvgIpc) is 3.08. The predicted molar refractivity (Wildman–Crippen MR) is 193 cm³/mol. The third-order valence-corrected chi connectivity index (χ3v) is 7.94. The Morgan fingerprint density at radius 2 is 1.11 bits per heavy atom. The van der Waals surface area contributed by atoms with Crippen LogP contribution in [0.3, 0.4) is 0 Å². The molecule has 0 amide bonds. The van der Waals surface area contributed by atoms with Crippen molar-refractivity contribution in [3.63, 3.8) is 0 Å². The molecule has 0 radical (unpaired) electrons. The zero-order valence-electron chi connectivity index (χ0n) is 30.4. The molecule has 0 aliphatic rings. The summed E-state index contributed by atoms with van der Waals surface area (Å²) in [7, 11) is 0. The lowest BCUT2D eigenvalue weighted by molar-refractivity contribution is -0.141. The lowest BCUT2D eigenvalue weighted by Crippen LogP contribution is -2.38. The van der Waals surface area contributed by atoms with Crippen LogP contribution in [-0.4, -0.2) is 55.0 Å². The van der Waals surface area contributed by atoms with Gasteiger partial charge in [-0.15, -0.1) is 0 Å². The van der Waals surface area contributed by atoms with E-state index >= 15 is 0 Å². The number of aliphatic hydroxyl groups excluding tert-OH is 1. The van der Waals surface area contributed by atoms with E-state index in [1.165, 1.54) is 19.1 Å². The Labute approximate surface area is 303 Å². The Morgan fingerprint density at radius 3 is 1.45 bits per heavy atom. The number of esters is 1. The SMILES string of the molecule is CC(=O)OCCn1c(C(=O)c2cc(C)cc(C#N)c2)c(C(C)C)c(=O)[nH]c1=O.Cc1cc(C#N)cc(C(=O)c2c(C(C)C)c(=O)[nH]c(=O)n2CCO)c1. The molecule has 4 aromatic rings.